The van der Waals surface area contributed by atoms with Crippen LogP contribution in [0.3, 0.4) is 0 Å². The molecule has 1 aliphatic heterocycles. The number of rotatable bonds is 6. The van der Waals surface area contributed by atoms with Crippen molar-refractivity contribution in [3.8, 4) is 0 Å². The molecule has 0 radical (unpaired) electrons. The summed E-state index contributed by atoms with van der Waals surface area (Å²) in [6.45, 7) is 3.29. The minimum Gasteiger partial charge on any atom is -0.355 e. The van der Waals surface area contributed by atoms with Gasteiger partial charge in [0.15, 0.2) is 0 Å². The average Bonchev–Trinajstić information content (AvgIpc) is 3.02. The van der Waals surface area contributed by atoms with Crippen LogP contribution >= 0.6 is 11.3 Å². The van der Waals surface area contributed by atoms with Gasteiger partial charge < -0.3 is 10.6 Å². The molecule has 1 aliphatic rings. The van der Waals surface area contributed by atoms with Crippen LogP contribution in [0.15, 0.2) is 17.5 Å². The minimum absolute atomic E-state index is 0.126. The predicted octanol–water partition coefficient (Wildman–Crippen LogP) is 0.700. The van der Waals surface area contributed by atoms with E-state index in [0.717, 1.165) is 32.5 Å². The van der Waals surface area contributed by atoms with Crippen molar-refractivity contribution in [2.75, 3.05) is 33.2 Å². The molecular weight excluding hydrogens is 246 g/mol. The van der Waals surface area contributed by atoms with Gasteiger partial charge in [-0.1, -0.05) is 6.07 Å². The first-order valence-corrected chi connectivity index (χ1v) is 7.33. The number of amides is 1. The van der Waals surface area contributed by atoms with E-state index in [1.807, 2.05) is 13.1 Å². The zero-order valence-electron chi connectivity index (χ0n) is 10.8. The fraction of sp³-hybridized carbons (Fsp3) is 0.615. The summed E-state index contributed by atoms with van der Waals surface area (Å²) in [6, 6.07) is 4.66. The Balaban J connectivity index is 1.62. The molecule has 1 saturated heterocycles. The summed E-state index contributed by atoms with van der Waals surface area (Å²) in [4.78, 5) is 15.2. The lowest BCUT2D eigenvalue weighted by atomic mass is 10.2. The highest BCUT2D eigenvalue weighted by atomic mass is 32.1. The maximum absolute atomic E-state index is 11.8. The molecule has 0 aromatic carbocycles. The van der Waals surface area contributed by atoms with Crippen LogP contribution in [0, 0.1) is 0 Å². The van der Waals surface area contributed by atoms with Gasteiger partial charge in [0.25, 0.3) is 0 Å². The van der Waals surface area contributed by atoms with Crippen molar-refractivity contribution in [3.05, 3.63) is 22.4 Å². The lowest BCUT2D eigenvalue weighted by Gasteiger charge is -2.22. The van der Waals surface area contributed by atoms with E-state index in [1.54, 1.807) is 11.3 Å². The molecule has 4 nitrogen and oxygen atoms in total. The van der Waals surface area contributed by atoms with Gasteiger partial charge in [-0.25, -0.2) is 0 Å². The number of carbonyl (C=O) groups excluding carboxylic acids is 1. The number of hydrogen-bond donors (Lipinski definition) is 2. The van der Waals surface area contributed by atoms with Crippen LogP contribution in [0.2, 0.25) is 0 Å². The zero-order chi connectivity index (χ0) is 12.8. The Morgan fingerprint density at radius 3 is 3.22 bits per heavy atom. The van der Waals surface area contributed by atoms with Gasteiger partial charge in [0, 0.05) is 24.0 Å². The lowest BCUT2D eigenvalue weighted by molar-refractivity contribution is -0.122. The van der Waals surface area contributed by atoms with Crippen molar-refractivity contribution < 1.29 is 4.79 Å². The summed E-state index contributed by atoms with van der Waals surface area (Å²) in [5.41, 5.74) is 0. The van der Waals surface area contributed by atoms with Crippen molar-refractivity contribution in [2.24, 2.45) is 0 Å². The quantitative estimate of drug-likeness (QED) is 0.797. The summed E-state index contributed by atoms with van der Waals surface area (Å²) < 4.78 is 0. The van der Waals surface area contributed by atoms with Gasteiger partial charge in [0.1, 0.15) is 0 Å². The van der Waals surface area contributed by atoms with Crippen LogP contribution in [0.1, 0.15) is 11.3 Å². The van der Waals surface area contributed by atoms with Crippen LogP contribution in [0.4, 0.5) is 0 Å². The van der Waals surface area contributed by atoms with Crippen LogP contribution in [-0.4, -0.2) is 50.1 Å². The first-order valence-electron chi connectivity index (χ1n) is 6.46. The molecule has 2 N–H and O–H groups in total. The normalized spacial score (nSPS) is 19.3. The number of nitrogens with zero attached hydrogens (tertiary/aromatic N) is 1. The van der Waals surface area contributed by atoms with Crippen LogP contribution < -0.4 is 10.6 Å². The summed E-state index contributed by atoms with van der Waals surface area (Å²) in [6.07, 6.45) is 2.07. The summed E-state index contributed by atoms with van der Waals surface area (Å²) in [7, 11) is 2.02. The molecule has 2 heterocycles. The molecule has 0 saturated carbocycles. The van der Waals surface area contributed by atoms with Crippen LogP contribution in [0.5, 0.6) is 0 Å². The number of hydrogen-bond acceptors (Lipinski definition) is 4. The highest BCUT2D eigenvalue weighted by molar-refractivity contribution is 7.09. The Kier molecular flexibility index (Phi) is 5.16. The Hall–Kier alpha value is -0.910. The zero-order valence-corrected chi connectivity index (χ0v) is 11.6. The molecular formula is C13H21N3OS. The Morgan fingerprint density at radius 2 is 2.56 bits per heavy atom. The third-order valence-corrected chi connectivity index (χ3v) is 4.26. The fourth-order valence-electron chi connectivity index (χ4n) is 2.21. The Labute approximate surface area is 112 Å². The van der Waals surface area contributed by atoms with Crippen molar-refractivity contribution in [1.82, 2.24) is 15.5 Å². The van der Waals surface area contributed by atoms with E-state index < -0.39 is 0 Å². The van der Waals surface area contributed by atoms with Crippen LogP contribution in [-0.2, 0) is 11.2 Å². The molecule has 1 atom stereocenters. The fourth-order valence-corrected chi connectivity index (χ4v) is 2.92. The molecule has 0 bridgehead atoms. The third-order valence-electron chi connectivity index (χ3n) is 3.32. The highest BCUT2D eigenvalue weighted by Crippen LogP contribution is 2.08. The van der Waals surface area contributed by atoms with Gasteiger partial charge in [-0.05, 0) is 37.9 Å². The van der Waals surface area contributed by atoms with E-state index >= 15 is 0 Å². The topological polar surface area (TPSA) is 44.4 Å². The van der Waals surface area contributed by atoms with E-state index in [0.29, 0.717) is 12.6 Å². The molecule has 0 aliphatic carbocycles. The molecule has 1 aromatic heterocycles. The standard InChI is InChI=1S/C13H21N3OS/c1-16(11-4-6-14-9-11)10-13(17)15-7-5-12-3-2-8-18-12/h2-3,8,11,14H,4-7,9-10H2,1H3,(H,15,17). The SMILES string of the molecule is CN(CC(=O)NCCc1cccs1)C1CCNC1. The van der Waals surface area contributed by atoms with Gasteiger partial charge in [0.2, 0.25) is 5.91 Å². The van der Waals surface area contributed by atoms with Crippen molar-refractivity contribution >= 4 is 17.2 Å². The van der Waals surface area contributed by atoms with E-state index in [9.17, 15) is 4.79 Å². The number of nitrogens with one attached hydrogen (secondary N) is 2. The van der Waals surface area contributed by atoms with Gasteiger partial charge in [-0.3, -0.25) is 9.69 Å². The van der Waals surface area contributed by atoms with E-state index in [-0.39, 0.29) is 5.91 Å². The van der Waals surface area contributed by atoms with Gasteiger partial charge in [0.05, 0.1) is 6.54 Å². The largest absolute Gasteiger partial charge is 0.355 e. The second-order valence-corrected chi connectivity index (χ2v) is 5.77. The summed E-state index contributed by atoms with van der Waals surface area (Å²) in [5, 5.41) is 8.36. The second-order valence-electron chi connectivity index (χ2n) is 4.74. The molecule has 1 fully saturated rings. The van der Waals surface area contributed by atoms with Crippen molar-refractivity contribution in [3.63, 3.8) is 0 Å². The van der Waals surface area contributed by atoms with Gasteiger partial charge >= 0.3 is 0 Å². The molecule has 2 rings (SSSR count). The Morgan fingerprint density at radius 1 is 1.67 bits per heavy atom. The number of likely N-dealkylation sites (N-methyl/N-ethyl adjacent to an activating group) is 1. The number of thiophene rings is 1. The highest BCUT2D eigenvalue weighted by Gasteiger charge is 2.20. The molecule has 1 amide bonds. The van der Waals surface area contributed by atoms with Gasteiger partial charge in [-0.15, -0.1) is 11.3 Å². The van der Waals surface area contributed by atoms with Crippen molar-refractivity contribution in [1.29, 1.82) is 0 Å². The van der Waals surface area contributed by atoms with E-state index in [1.165, 1.54) is 4.88 Å². The van der Waals surface area contributed by atoms with Crippen molar-refractivity contribution in [2.45, 2.75) is 18.9 Å². The molecule has 5 heteroatoms. The minimum atomic E-state index is 0.126. The van der Waals surface area contributed by atoms with E-state index in [2.05, 4.69) is 27.0 Å². The first-order chi connectivity index (χ1) is 8.75. The summed E-state index contributed by atoms with van der Waals surface area (Å²) >= 11 is 1.74. The number of carbonyl (C=O) groups is 1. The summed E-state index contributed by atoms with van der Waals surface area (Å²) in [5.74, 6) is 0.126. The Bertz CT molecular complexity index is 360. The predicted molar refractivity (Wildman–Crippen MR) is 74.9 cm³/mol. The van der Waals surface area contributed by atoms with E-state index in [4.69, 9.17) is 0 Å². The monoisotopic (exact) mass is 267 g/mol. The average molecular weight is 267 g/mol. The smallest absolute Gasteiger partial charge is 0.234 e. The third kappa shape index (κ3) is 4.08. The molecule has 1 aromatic rings. The van der Waals surface area contributed by atoms with Gasteiger partial charge in [-0.2, -0.15) is 0 Å². The molecule has 1 unspecified atom stereocenters. The molecule has 100 valence electrons. The van der Waals surface area contributed by atoms with Crippen LogP contribution in [0.25, 0.3) is 0 Å². The maximum atomic E-state index is 11.8. The maximum Gasteiger partial charge on any atom is 0.234 e. The lowest BCUT2D eigenvalue weighted by Crippen LogP contribution is -2.41. The second kappa shape index (κ2) is 6.87. The molecule has 0 spiro atoms. The first kappa shape index (κ1) is 13.5. The molecule has 18 heavy (non-hydrogen) atoms.